The summed E-state index contributed by atoms with van der Waals surface area (Å²) in [6.07, 6.45) is -2.42. The first-order chi connectivity index (χ1) is 31.0. The van der Waals surface area contributed by atoms with E-state index < -0.39 is 92.5 Å². The molecule has 2 N–H and O–H groups in total. The Morgan fingerprint density at radius 3 is 2.02 bits per heavy atom. The summed E-state index contributed by atoms with van der Waals surface area (Å²) in [5, 5.41) is 13.5. The van der Waals surface area contributed by atoms with Gasteiger partial charge in [0.05, 0.1) is 33.0 Å². The predicted molar refractivity (Wildman–Crippen MR) is 242 cm³/mol. The number of ether oxygens (including phenoxy) is 9. The molecule has 4 aromatic rings. The molecule has 350 valence electrons. The van der Waals surface area contributed by atoms with Crippen molar-refractivity contribution in [3.05, 3.63) is 136 Å². The zero-order chi connectivity index (χ0) is 46.1. The molecule has 0 unspecified atom stereocenters. The van der Waals surface area contributed by atoms with Crippen molar-refractivity contribution < 1.29 is 52.2 Å². The van der Waals surface area contributed by atoms with Crippen LogP contribution in [-0.2, 0) is 48.9 Å². The van der Waals surface area contributed by atoms with E-state index >= 15 is 0 Å². The Labute approximate surface area is 380 Å². The molecule has 4 aliphatic rings. The van der Waals surface area contributed by atoms with E-state index in [2.05, 4.69) is 74.3 Å². The van der Waals surface area contributed by atoms with Crippen LogP contribution in [0.25, 0.3) is 0 Å². The largest absolute Gasteiger partial charge is 0.497 e. The van der Waals surface area contributed by atoms with Crippen LogP contribution in [0.4, 0.5) is 0 Å². The van der Waals surface area contributed by atoms with Crippen LogP contribution in [0.5, 0.6) is 5.75 Å². The first-order valence-corrected chi connectivity index (χ1v) is 24.2. The standard InChI is InChI=1S/C49H62N2O13Si/c1-47(2,3)65(33-17-11-9-12-18-33,34-19-13-10-14-20-34)58-30-36-39-41(63-48(4,5)61-39)43(57-29-31-22-24-32(55-8)25-23-31)45(59-36)56-28-16-15-21-35(52)38-40-42(64-49(6,7)62-40)44(60-38)51-27-26-37(53)50-46(51)54/h9-20,22-27,35-36,38-45,52H,21,28-30H2,1-8H3,(H,50,53,54)/b16-15-/t35-,36+,38+,39-,40+,41-,42+,43+,44+,45-/m0/s1. The molecule has 4 saturated heterocycles. The number of methoxy groups -OCH3 is 1. The fourth-order valence-corrected chi connectivity index (χ4v) is 14.1. The molecule has 65 heavy (non-hydrogen) atoms. The first-order valence-electron chi connectivity index (χ1n) is 22.3. The van der Waals surface area contributed by atoms with Crippen molar-refractivity contribution in [2.75, 3.05) is 20.3 Å². The Morgan fingerprint density at radius 1 is 0.785 bits per heavy atom. The summed E-state index contributed by atoms with van der Waals surface area (Å²) >= 11 is 0. The van der Waals surface area contributed by atoms with Gasteiger partial charge in [0.25, 0.3) is 13.9 Å². The molecule has 16 heteroatoms. The summed E-state index contributed by atoms with van der Waals surface area (Å²) in [4.78, 5) is 26.8. The molecule has 0 bridgehead atoms. The topological polar surface area (TPSA) is 167 Å². The Kier molecular flexibility index (Phi) is 13.9. The molecule has 0 radical (unpaired) electrons. The molecule has 10 atom stereocenters. The second kappa shape index (κ2) is 19.1. The van der Waals surface area contributed by atoms with Crippen LogP contribution in [-0.4, -0.2) is 110 Å². The average molecular weight is 915 g/mol. The number of hydrogen-bond donors (Lipinski definition) is 2. The highest BCUT2D eigenvalue weighted by molar-refractivity contribution is 6.99. The number of benzene rings is 3. The second-order valence-electron chi connectivity index (χ2n) is 18.9. The fraction of sp³-hybridized carbons (Fsp3) is 0.510. The minimum absolute atomic E-state index is 0.101. The molecule has 0 saturated carbocycles. The molecule has 4 fully saturated rings. The SMILES string of the molecule is COc1ccc(CO[C@H]2[C@@H](OC/C=C\C[C@H](O)[C@H]3O[C@@H](n4ccc(=O)[nH]c4=O)[C@@H]4OC(C)(C)O[C@@H]43)O[C@H](CO[Si](c3ccccc3)(c3ccccc3)C(C)(C)C)[C@@H]3OC(C)(C)O[C@@H]32)cc1. The summed E-state index contributed by atoms with van der Waals surface area (Å²) in [7, 11) is -1.35. The number of aromatic nitrogens is 2. The number of fused-ring (bicyclic) bond motifs is 2. The van der Waals surface area contributed by atoms with E-state index in [4.69, 9.17) is 47.1 Å². The van der Waals surface area contributed by atoms with Crippen LogP contribution in [0.15, 0.2) is 119 Å². The van der Waals surface area contributed by atoms with Crippen LogP contribution in [0.2, 0.25) is 5.04 Å². The lowest BCUT2D eigenvalue weighted by Gasteiger charge is -2.46. The van der Waals surface area contributed by atoms with Gasteiger partial charge in [-0.25, -0.2) is 4.79 Å². The number of aliphatic hydroxyl groups is 1. The van der Waals surface area contributed by atoms with Gasteiger partial charge >= 0.3 is 5.69 Å². The van der Waals surface area contributed by atoms with Crippen LogP contribution in [0.1, 0.15) is 66.7 Å². The van der Waals surface area contributed by atoms with Gasteiger partial charge in [0.15, 0.2) is 24.1 Å². The molecular weight excluding hydrogens is 853 g/mol. The zero-order valence-electron chi connectivity index (χ0n) is 38.3. The Bertz CT molecular complexity index is 2310. The molecule has 8 rings (SSSR count). The number of rotatable bonds is 16. The van der Waals surface area contributed by atoms with Crippen molar-refractivity contribution >= 4 is 18.7 Å². The summed E-state index contributed by atoms with van der Waals surface area (Å²) in [6.45, 7) is 14.5. The maximum atomic E-state index is 12.7. The van der Waals surface area contributed by atoms with Gasteiger partial charge in [-0.2, -0.15) is 0 Å². The van der Waals surface area contributed by atoms with Gasteiger partial charge in [0.2, 0.25) is 0 Å². The number of nitrogens with one attached hydrogen (secondary N) is 1. The third kappa shape index (κ3) is 10.0. The summed E-state index contributed by atoms with van der Waals surface area (Å²) < 4.78 is 65.9. The summed E-state index contributed by atoms with van der Waals surface area (Å²) in [5.41, 5.74) is -0.261. The van der Waals surface area contributed by atoms with Crippen LogP contribution in [0, 0.1) is 0 Å². The molecule has 0 aliphatic carbocycles. The zero-order valence-corrected chi connectivity index (χ0v) is 39.3. The molecule has 0 spiro atoms. The lowest BCUT2D eigenvalue weighted by Crippen LogP contribution is -2.68. The number of hydrogen-bond acceptors (Lipinski definition) is 13. The number of aliphatic hydroxyl groups excluding tert-OH is 1. The molecular formula is C49H62N2O13Si. The highest BCUT2D eigenvalue weighted by Gasteiger charge is 2.59. The van der Waals surface area contributed by atoms with Crippen LogP contribution >= 0.6 is 0 Å². The number of H-pyrrole nitrogens is 1. The smallest absolute Gasteiger partial charge is 0.330 e. The minimum atomic E-state index is -2.97. The molecule has 5 heterocycles. The quantitative estimate of drug-likeness (QED) is 0.118. The third-order valence-electron chi connectivity index (χ3n) is 12.4. The van der Waals surface area contributed by atoms with Crippen molar-refractivity contribution in [2.24, 2.45) is 0 Å². The van der Waals surface area contributed by atoms with E-state index in [0.29, 0.717) is 0 Å². The maximum Gasteiger partial charge on any atom is 0.330 e. The first kappa shape index (κ1) is 47.2. The van der Waals surface area contributed by atoms with Crippen molar-refractivity contribution in [1.29, 1.82) is 0 Å². The minimum Gasteiger partial charge on any atom is -0.497 e. The molecule has 3 aromatic carbocycles. The van der Waals surface area contributed by atoms with Gasteiger partial charge in [-0.3, -0.25) is 14.3 Å². The summed E-state index contributed by atoms with van der Waals surface area (Å²) in [5.74, 6) is -1.19. The van der Waals surface area contributed by atoms with Crippen molar-refractivity contribution in [3.63, 3.8) is 0 Å². The average Bonchev–Trinajstić information content (AvgIpc) is 3.90. The number of nitrogens with zero attached hydrogens (tertiary/aromatic N) is 1. The predicted octanol–water partition coefficient (Wildman–Crippen LogP) is 4.69. The maximum absolute atomic E-state index is 12.7. The van der Waals surface area contributed by atoms with Gasteiger partial charge in [-0.1, -0.05) is 106 Å². The van der Waals surface area contributed by atoms with E-state index in [-0.39, 0.29) is 31.3 Å². The van der Waals surface area contributed by atoms with E-state index in [1.54, 1.807) is 33.1 Å². The highest BCUT2D eigenvalue weighted by atomic mass is 28.4. The van der Waals surface area contributed by atoms with Gasteiger partial charge in [-0.05, 0) is 67.2 Å². The van der Waals surface area contributed by atoms with Crippen molar-refractivity contribution in [1.82, 2.24) is 9.55 Å². The van der Waals surface area contributed by atoms with Crippen LogP contribution < -0.4 is 26.4 Å². The Morgan fingerprint density at radius 2 is 1.40 bits per heavy atom. The van der Waals surface area contributed by atoms with Crippen LogP contribution in [0.3, 0.4) is 0 Å². The van der Waals surface area contributed by atoms with Gasteiger partial charge in [-0.15, -0.1) is 0 Å². The third-order valence-corrected chi connectivity index (χ3v) is 17.4. The van der Waals surface area contributed by atoms with Gasteiger partial charge < -0.3 is 52.2 Å². The highest BCUT2D eigenvalue weighted by Crippen LogP contribution is 2.45. The van der Waals surface area contributed by atoms with E-state index in [9.17, 15) is 14.7 Å². The fourth-order valence-electron chi connectivity index (χ4n) is 9.52. The molecule has 4 aliphatic heterocycles. The van der Waals surface area contributed by atoms with Crippen molar-refractivity contribution in [3.8, 4) is 5.75 Å². The normalized spacial score (nSPS) is 28.8. The Balaban J connectivity index is 1.02. The monoisotopic (exact) mass is 914 g/mol. The van der Waals surface area contributed by atoms with Gasteiger partial charge in [0.1, 0.15) is 48.5 Å². The Hall–Kier alpha value is -4.30. The molecule has 15 nitrogen and oxygen atoms in total. The lowest BCUT2D eigenvalue weighted by molar-refractivity contribution is -0.290. The van der Waals surface area contributed by atoms with E-state index in [1.165, 1.54) is 16.8 Å². The van der Waals surface area contributed by atoms with Gasteiger partial charge in [0, 0.05) is 12.3 Å². The molecule has 0 amide bonds. The van der Waals surface area contributed by atoms with E-state index in [1.807, 2.05) is 50.2 Å². The second-order valence-corrected chi connectivity index (χ2v) is 23.2. The van der Waals surface area contributed by atoms with E-state index in [0.717, 1.165) is 21.7 Å². The molecule has 1 aromatic heterocycles. The summed E-state index contributed by atoms with van der Waals surface area (Å²) in [6, 6.07) is 29.8. The number of aromatic amines is 1. The van der Waals surface area contributed by atoms with Crippen molar-refractivity contribution in [2.45, 2.75) is 139 Å². The lowest BCUT2D eigenvalue weighted by atomic mass is 9.99.